The van der Waals surface area contributed by atoms with Crippen molar-refractivity contribution in [2.45, 2.75) is 27.3 Å². The summed E-state index contributed by atoms with van der Waals surface area (Å²) in [5.41, 5.74) is 0.660. The van der Waals surface area contributed by atoms with Crippen molar-refractivity contribution in [3.63, 3.8) is 0 Å². The maximum Gasteiger partial charge on any atom is 0.253 e. The van der Waals surface area contributed by atoms with Crippen LogP contribution in [0, 0.1) is 5.41 Å². The predicted octanol–water partition coefficient (Wildman–Crippen LogP) is 2.54. The number of rotatable bonds is 3. The molecule has 0 saturated heterocycles. The number of H-pyrrole nitrogens is 1. The van der Waals surface area contributed by atoms with Crippen LogP contribution < -0.4 is 10.3 Å². The van der Waals surface area contributed by atoms with Crippen LogP contribution in [0.3, 0.4) is 0 Å². The highest BCUT2D eigenvalue weighted by molar-refractivity contribution is 5.82. The molecule has 0 fully saturated rings. The molecule has 1 N–H and O–H groups in total. The molecule has 22 heavy (non-hydrogen) atoms. The number of fused-ring (bicyclic) bond motifs is 1. The van der Waals surface area contributed by atoms with Gasteiger partial charge in [0.15, 0.2) is 0 Å². The van der Waals surface area contributed by atoms with E-state index < -0.39 is 5.41 Å². The van der Waals surface area contributed by atoms with Crippen molar-refractivity contribution in [2.24, 2.45) is 5.41 Å². The Morgan fingerprint density at radius 3 is 2.55 bits per heavy atom. The Morgan fingerprint density at radius 2 is 1.95 bits per heavy atom. The van der Waals surface area contributed by atoms with E-state index in [2.05, 4.69) is 4.98 Å². The van der Waals surface area contributed by atoms with Crippen molar-refractivity contribution < 1.29 is 9.53 Å². The smallest absolute Gasteiger partial charge is 0.253 e. The summed E-state index contributed by atoms with van der Waals surface area (Å²) >= 11 is 0. The van der Waals surface area contributed by atoms with E-state index >= 15 is 0 Å². The van der Waals surface area contributed by atoms with Gasteiger partial charge < -0.3 is 14.6 Å². The first kappa shape index (κ1) is 16.1. The van der Waals surface area contributed by atoms with Gasteiger partial charge in [0.2, 0.25) is 5.91 Å². The number of benzene rings is 1. The van der Waals surface area contributed by atoms with E-state index in [1.165, 1.54) is 0 Å². The number of pyridine rings is 1. The predicted molar refractivity (Wildman–Crippen MR) is 87.0 cm³/mol. The zero-order valence-electron chi connectivity index (χ0n) is 13.7. The molecule has 1 heterocycles. The maximum atomic E-state index is 12.2. The van der Waals surface area contributed by atoms with Crippen LogP contribution in [0.15, 0.2) is 29.1 Å². The van der Waals surface area contributed by atoms with Gasteiger partial charge in [-0.2, -0.15) is 0 Å². The quantitative estimate of drug-likeness (QED) is 0.947. The van der Waals surface area contributed by atoms with Crippen LogP contribution >= 0.6 is 0 Å². The molecule has 2 aromatic rings. The fraction of sp³-hybridized carbons (Fsp3) is 0.412. The van der Waals surface area contributed by atoms with E-state index in [0.717, 1.165) is 16.7 Å². The van der Waals surface area contributed by atoms with Gasteiger partial charge >= 0.3 is 0 Å². The molecule has 5 heteroatoms. The van der Waals surface area contributed by atoms with Crippen molar-refractivity contribution in [1.29, 1.82) is 0 Å². The number of nitrogens with one attached hydrogen (secondary N) is 1. The summed E-state index contributed by atoms with van der Waals surface area (Å²) in [6.45, 7) is 5.86. The van der Waals surface area contributed by atoms with Crippen LogP contribution in [0.4, 0.5) is 0 Å². The number of amides is 1. The van der Waals surface area contributed by atoms with Gasteiger partial charge in [-0.1, -0.05) is 20.8 Å². The summed E-state index contributed by atoms with van der Waals surface area (Å²) in [7, 11) is 3.31. The highest BCUT2D eigenvalue weighted by Crippen LogP contribution is 2.20. The molecule has 0 saturated carbocycles. The molecule has 0 atom stereocenters. The van der Waals surface area contributed by atoms with Gasteiger partial charge in [0.25, 0.3) is 5.56 Å². The van der Waals surface area contributed by atoms with E-state index in [0.29, 0.717) is 5.56 Å². The largest absolute Gasteiger partial charge is 0.497 e. The molecule has 0 unspecified atom stereocenters. The summed E-state index contributed by atoms with van der Waals surface area (Å²) in [6, 6.07) is 7.28. The third-order valence-electron chi connectivity index (χ3n) is 3.52. The molecule has 0 aliphatic heterocycles. The number of nitrogens with zero attached hydrogens (tertiary/aromatic N) is 1. The number of hydrogen-bond donors (Lipinski definition) is 1. The molecule has 1 aromatic heterocycles. The van der Waals surface area contributed by atoms with E-state index in [1.54, 1.807) is 25.1 Å². The van der Waals surface area contributed by atoms with E-state index in [-0.39, 0.29) is 18.0 Å². The van der Waals surface area contributed by atoms with Crippen LogP contribution in [0.25, 0.3) is 10.9 Å². The van der Waals surface area contributed by atoms with Gasteiger partial charge in [-0.3, -0.25) is 9.59 Å². The summed E-state index contributed by atoms with van der Waals surface area (Å²) < 4.78 is 5.20. The first-order chi connectivity index (χ1) is 10.2. The van der Waals surface area contributed by atoms with Crippen molar-refractivity contribution in [2.75, 3.05) is 14.2 Å². The average molecular weight is 302 g/mol. The zero-order chi connectivity index (χ0) is 16.5. The zero-order valence-corrected chi connectivity index (χ0v) is 13.7. The number of ether oxygens (including phenoxy) is 1. The molecule has 1 aromatic carbocycles. The summed E-state index contributed by atoms with van der Waals surface area (Å²) in [5.74, 6) is 0.724. The summed E-state index contributed by atoms with van der Waals surface area (Å²) in [4.78, 5) is 28.8. The Hall–Kier alpha value is -2.30. The lowest BCUT2D eigenvalue weighted by molar-refractivity contribution is -0.138. The topological polar surface area (TPSA) is 62.4 Å². The van der Waals surface area contributed by atoms with Gasteiger partial charge in [-0.15, -0.1) is 0 Å². The highest BCUT2D eigenvalue weighted by Gasteiger charge is 2.25. The molecule has 0 bridgehead atoms. The fourth-order valence-electron chi connectivity index (χ4n) is 2.37. The molecule has 5 nitrogen and oxygen atoms in total. The molecule has 118 valence electrons. The number of aromatic nitrogens is 1. The Bertz CT molecular complexity index is 757. The van der Waals surface area contributed by atoms with Gasteiger partial charge in [0.1, 0.15) is 5.75 Å². The Morgan fingerprint density at radius 1 is 1.27 bits per heavy atom. The molecule has 1 amide bonds. The number of carbonyl (C=O) groups is 1. The van der Waals surface area contributed by atoms with Crippen LogP contribution in [0.2, 0.25) is 0 Å². The number of methoxy groups -OCH3 is 1. The standard InChI is InChI=1S/C17H22N2O3/c1-17(2,3)16(21)19(4)10-12-8-11-9-13(22-5)6-7-14(11)18-15(12)20/h6-9H,10H2,1-5H3,(H,18,20). The number of aromatic amines is 1. The van der Waals surface area contributed by atoms with E-state index in [4.69, 9.17) is 4.74 Å². The van der Waals surface area contributed by atoms with E-state index in [9.17, 15) is 9.59 Å². The molecule has 2 rings (SSSR count). The summed E-state index contributed by atoms with van der Waals surface area (Å²) in [6.07, 6.45) is 0. The first-order valence-electron chi connectivity index (χ1n) is 7.18. The van der Waals surface area contributed by atoms with E-state index in [1.807, 2.05) is 39.0 Å². The van der Waals surface area contributed by atoms with Gasteiger partial charge in [0.05, 0.1) is 13.7 Å². The molecule has 0 aliphatic carbocycles. The fourth-order valence-corrected chi connectivity index (χ4v) is 2.37. The second kappa shape index (κ2) is 5.83. The molecule has 0 spiro atoms. The summed E-state index contributed by atoms with van der Waals surface area (Å²) in [5, 5.41) is 0.880. The van der Waals surface area contributed by atoms with Gasteiger partial charge in [0, 0.05) is 28.9 Å². The Kier molecular flexibility index (Phi) is 4.26. The average Bonchev–Trinajstić information content (AvgIpc) is 2.45. The minimum Gasteiger partial charge on any atom is -0.497 e. The SMILES string of the molecule is COc1ccc2[nH]c(=O)c(CN(C)C(=O)C(C)(C)C)cc2c1. The third-order valence-corrected chi connectivity index (χ3v) is 3.52. The lowest BCUT2D eigenvalue weighted by Crippen LogP contribution is -2.37. The number of carbonyl (C=O) groups excluding carboxylic acids is 1. The van der Waals surface area contributed by atoms with Gasteiger partial charge in [-0.25, -0.2) is 0 Å². The first-order valence-corrected chi connectivity index (χ1v) is 7.18. The third kappa shape index (κ3) is 3.30. The highest BCUT2D eigenvalue weighted by atomic mass is 16.5. The second-order valence-electron chi connectivity index (χ2n) is 6.49. The van der Waals surface area contributed by atoms with Gasteiger partial charge in [-0.05, 0) is 24.3 Å². The minimum atomic E-state index is -0.471. The molecular weight excluding hydrogens is 280 g/mol. The lowest BCUT2D eigenvalue weighted by atomic mass is 9.95. The van der Waals surface area contributed by atoms with Crippen molar-refractivity contribution in [1.82, 2.24) is 9.88 Å². The molecule has 0 aliphatic rings. The van der Waals surface area contributed by atoms with Crippen LogP contribution in [0.5, 0.6) is 5.75 Å². The second-order valence-corrected chi connectivity index (χ2v) is 6.49. The van der Waals surface area contributed by atoms with Crippen molar-refractivity contribution >= 4 is 16.8 Å². The van der Waals surface area contributed by atoms with Crippen molar-refractivity contribution in [3.05, 3.63) is 40.2 Å². The monoisotopic (exact) mass is 302 g/mol. The van der Waals surface area contributed by atoms with Crippen LogP contribution in [-0.4, -0.2) is 29.9 Å². The minimum absolute atomic E-state index is 0.00219. The Balaban J connectivity index is 2.37. The normalized spacial score (nSPS) is 11.5. The Labute approximate surface area is 129 Å². The van der Waals surface area contributed by atoms with Crippen LogP contribution in [-0.2, 0) is 11.3 Å². The van der Waals surface area contributed by atoms with Crippen molar-refractivity contribution in [3.8, 4) is 5.75 Å². The molecule has 0 radical (unpaired) electrons. The molecular formula is C17H22N2O3. The number of hydrogen-bond acceptors (Lipinski definition) is 3. The van der Waals surface area contributed by atoms with Crippen LogP contribution in [0.1, 0.15) is 26.3 Å². The maximum absolute atomic E-state index is 12.2. The lowest BCUT2D eigenvalue weighted by Gasteiger charge is -2.25.